The Bertz CT molecular complexity index is 3600. The number of nitrogens with zero attached hydrogens (tertiary/aromatic N) is 4. The molecule has 62 heavy (non-hydrogen) atoms. The number of fused-ring (bicyclic) bond motifs is 9. The Balaban J connectivity index is 0.000000149. The van der Waals surface area contributed by atoms with E-state index in [0.717, 1.165) is 23.3 Å². The number of imidazole rings is 2. The predicted molar refractivity (Wildman–Crippen MR) is 255 cm³/mol. The van der Waals surface area contributed by atoms with E-state index in [1.165, 1.54) is 122 Å². The summed E-state index contributed by atoms with van der Waals surface area (Å²) in [5.74, 6) is 0. The first-order valence-corrected chi connectivity index (χ1v) is 21.4. The van der Waals surface area contributed by atoms with E-state index in [4.69, 9.17) is 4.98 Å². The summed E-state index contributed by atoms with van der Waals surface area (Å²) < 4.78 is 7.28. The number of hydrogen-bond donors (Lipinski definition) is 0. The van der Waals surface area contributed by atoms with Crippen molar-refractivity contribution in [2.24, 2.45) is 0 Å². The zero-order chi connectivity index (χ0) is 41.8. The SMILES string of the molecule is Cc1cc(C)c(-c2cnc3c4[c-]cccc4c4cc(C)ccc4n23)c(C)c1.Cc1cc2c3cccc4c3c3n(c(-c5c(C)cc(-c6ccccc6)cc5C)c[n+]3C4)c2cc1C.[Ir]. The van der Waals surface area contributed by atoms with Gasteiger partial charge in [0.15, 0.2) is 5.69 Å². The predicted octanol–water partition coefficient (Wildman–Crippen LogP) is 13.8. The third kappa shape index (κ3) is 6.05. The molecule has 0 amide bonds. The summed E-state index contributed by atoms with van der Waals surface area (Å²) in [5.41, 5.74) is 24.2. The molecule has 4 nitrogen and oxygen atoms in total. The molecule has 12 rings (SSSR count). The first-order valence-electron chi connectivity index (χ1n) is 21.4. The Morgan fingerprint density at radius 2 is 1.21 bits per heavy atom. The first-order chi connectivity index (χ1) is 29.5. The molecular weight excluding hydrogens is 933 g/mol. The van der Waals surface area contributed by atoms with Gasteiger partial charge in [-0.3, -0.25) is 4.98 Å². The van der Waals surface area contributed by atoms with Crippen LogP contribution in [-0.4, -0.2) is 13.8 Å². The van der Waals surface area contributed by atoms with Crippen LogP contribution in [0, 0.1) is 61.5 Å². The summed E-state index contributed by atoms with van der Waals surface area (Å²) in [5, 5.41) is 7.64. The van der Waals surface area contributed by atoms with Crippen LogP contribution in [0.15, 0.2) is 134 Å². The molecule has 1 aliphatic heterocycles. The second-order valence-electron chi connectivity index (χ2n) is 17.5. The molecule has 0 N–H and O–H groups in total. The fourth-order valence-corrected chi connectivity index (χ4v) is 10.5. The van der Waals surface area contributed by atoms with Crippen LogP contribution in [0.5, 0.6) is 0 Å². The number of pyridine rings is 2. The standard InChI is InChI=1S/C32H27N2.C25H21N2.Ir/c1-19-15-27-26-12-8-11-24-17-33-18-29(34(32(33)31(24)26)28(27)16-20(19)2)30-21(3)13-25(14-22(30)4)23-9-6-5-7-10-23;1-15-9-10-22-21(13-15)19-7-5-6-8-20(19)25-26-14-23(27(22)25)24-17(3)11-16(2)12-18(24)4;/h5-16,18H,17H2,1-4H3;5-7,9-14H,1-4H3;/q+1;-1;. The zero-order valence-electron chi connectivity index (χ0n) is 36.5. The molecule has 4 aromatic heterocycles. The van der Waals surface area contributed by atoms with Gasteiger partial charge in [0.05, 0.1) is 16.7 Å². The van der Waals surface area contributed by atoms with Gasteiger partial charge in [-0.05, 0) is 123 Å². The molecule has 0 saturated carbocycles. The molecule has 0 saturated heterocycles. The third-order valence-electron chi connectivity index (χ3n) is 13.2. The number of rotatable bonds is 3. The molecule has 0 aliphatic carbocycles. The second kappa shape index (κ2) is 14.9. The molecular formula is C57H48IrN4. The first kappa shape index (κ1) is 39.7. The number of benzene rings is 7. The average Bonchev–Trinajstić information content (AvgIpc) is 3.95. The van der Waals surface area contributed by atoms with Crippen LogP contribution in [0.1, 0.15) is 50.1 Å². The van der Waals surface area contributed by atoms with E-state index < -0.39 is 0 Å². The summed E-state index contributed by atoms with van der Waals surface area (Å²) in [4.78, 5) is 4.83. The average molecular weight is 981 g/mol. The minimum absolute atomic E-state index is 0. The van der Waals surface area contributed by atoms with Crippen LogP contribution in [0.3, 0.4) is 0 Å². The molecule has 0 fully saturated rings. The van der Waals surface area contributed by atoms with Gasteiger partial charge in [0.1, 0.15) is 18.3 Å². The maximum Gasteiger partial charge on any atom is 0.295 e. The molecule has 1 radical (unpaired) electrons. The van der Waals surface area contributed by atoms with E-state index in [1.807, 2.05) is 12.3 Å². The topological polar surface area (TPSA) is 25.6 Å². The van der Waals surface area contributed by atoms with Crippen LogP contribution in [0.2, 0.25) is 0 Å². The van der Waals surface area contributed by atoms with Crippen molar-refractivity contribution in [2.75, 3.05) is 0 Å². The Labute approximate surface area is 376 Å². The Kier molecular flexibility index (Phi) is 9.55. The molecule has 1 aliphatic rings. The van der Waals surface area contributed by atoms with Gasteiger partial charge >= 0.3 is 0 Å². The number of hydrogen-bond acceptors (Lipinski definition) is 1. The van der Waals surface area contributed by atoms with Gasteiger partial charge < -0.3 is 4.40 Å². The van der Waals surface area contributed by atoms with Gasteiger partial charge in [-0.1, -0.05) is 101 Å². The molecule has 5 heterocycles. The Morgan fingerprint density at radius 1 is 0.532 bits per heavy atom. The van der Waals surface area contributed by atoms with Gasteiger partial charge in [0.2, 0.25) is 0 Å². The number of aryl methyl sites for hydroxylation is 8. The maximum atomic E-state index is 4.83. The molecule has 0 atom stereocenters. The summed E-state index contributed by atoms with van der Waals surface area (Å²) >= 11 is 0. The van der Waals surface area contributed by atoms with Gasteiger partial charge in [-0.15, -0.1) is 29.7 Å². The molecule has 0 spiro atoms. The van der Waals surface area contributed by atoms with Crippen molar-refractivity contribution in [3.63, 3.8) is 0 Å². The molecule has 7 aromatic carbocycles. The smallest absolute Gasteiger partial charge is 0.295 e. The van der Waals surface area contributed by atoms with Crippen molar-refractivity contribution in [1.82, 2.24) is 13.8 Å². The van der Waals surface area contributed by atoms with Crippen molar-refractivity contribution >= 4 is 54.6 Å². The maximum absolute atomic E-state index is 4.83. The molecule has 5 heteroatoms. The van der Waals surface area contributed by atoms with Gasteiger partial charge in [-0.25, -0.2) is 4.57 Å². The molecule has 0 bridgehead atoms. The van der Waals surface area contributed by atoms with E-state index >= 15 is 0 Å². The van der Waals surface area contributed by atoms with Crippen molar-refractivity contribution in [1.29, 1.82) is 0 Å². The van der Waals surface area contributed by atoms with Gasteiger partial charge in [0.25, 0.3) is 5.65 Å². The molecule has 11 aromatic rings. The summed E-state index contributed by atoms with van der Waals surface area (Å²) in [6.07, 6.45) is 4.39. The van der Waals surface area contributed by atoms with Crippen molar-refractivity contribution in [3.8, 4) is 33.6 Å². The van der Waals surface area contributed by atoms with Crippen molar-refractivity contribution in [2.45, 2.75) is 61.9 Å². The largest absolute Gasteiger partial charge is 0.333 e. The van der Waals surface area contributed by atoms with Gasteiger partial charge in [-0.2, -0.15) is 4.40 Å². The second-order valence-corrected chi connectivity index (χ2v) is 17.5. The van der Waals surface area contributed by atoms with Crippen LogP contribution in [0.25, 0.3) is 88.3 Å². The quantitative estimate of drug-likeness (QED) is 0.0984. The van der Waals surface area contributed by atoms with Crippen molar-refractivity contribution < 1.29 is 24.7 Å². The van der Waals surface area contributed by atoms with Gasteiger partial charge in [0, 0.05) is 59.3 Å². The van der Waals surface area contributed by atoms with E-state index in [0.29, 0.717) is 0 Å². The summed E-state index contributed by atoms with van der Waals surface area (Å²) in [6, 6.07) is 47.7. The number of aromatic nitrogens is 4. The Hall–Kier alpha value is -6.39. The van der Waals surface area contributed by atoms with E-state index in [2.05, 4.69) is 196 Å². The fraction of sp³-hybridized carbons (Fsp3) is 0.158. The van der Waals surface area contributed by atoms with Crippen molar-refractivity contribution in [3.05, 3.63) is 190 Å². The fourth-order valence-electron chi connectivity index (χ4n) is 10.5. The molecule has 0 unspecified atom stereocenters. The summed E-state index contributed by atoms with van der Waals surface area (Å²) in [7, 11) is 0. The van der Waals surface area contributed by atoms with E-state index in [-0.39, 0.29) is 20.1 Å². The third-order valence-corrected chi connectivity index (χ3v) is 13.2. The van der Waals surface area contributed by atoms with Crippen LogP contribution in [0.4, 0.5) is 0 Å². The van der Waals surface area contributed by atoms with Crippen LogP contribution >= 0.6 is 0 Å². The summed E-state index contributed by atoms with van der Waals surface area (Å²) in [6.45, 7) is 18.6. The molecule has 305 valence electrons. The zero-order valence-corrected chi connectivity index (χ0v) is 38.9. The minimum Gasteiger partial charge on any atom is -0.333 e. The van der Waals surface area contributed by atoms with E-state index in [9.17, 15) is 0 Å². The normalized spacial score (nSPS) is 12.0. The Morgan fingerprint density at radius 3 is 1.97 bits per heavy atom. The van der Waals surface area contributed by atoms with Crippen LogP contribution < -0.4 is 4.57 Å². The minimum atomic E-state index is 0. The van der Waals surface area contributed by atoms with E-state index in [1.54, 1.807) is 0 Å². The monoisotopic (exact) mass is 981 g/mol. The van der Waals surface area contributed by atoms with Crippen LogP contribution in [-0.2, 0) is 26.7 Å².